The number of hydrogen-bond donors (Lipinski definition) is 3. The minimum atomic E-state index is -3.81. The lowest BCUT2D eigenvalue weighted by molar-refractivity contribution is 0.102. The summed E-state index contributed by atoms with van der Waals surface area (Å²) in [6.07, 6.45) is 0.277. The Bertz CT molecular complexity index is 1330. The summed E-state index contributed by atoms with van der Waals surface area (Å²) in [5.74, 6) is -0.186. The van der Waals surface area contributed by atoms with Gasteiger partial charge in [0.15, 0.2) is 0 Å². The van der Waals surface area contributed by atoms with Crippen LogP contribution in [0.3, 0.4) is 0 Å². The van der Waals surface area contributed by atoms with Crippen LogP contribution in [0.25, 0.3) is 10.8 Å². The highest BCUT2D eigenvalue weighted by Crippen LogP contribution is 2.30. The van der Waals surface area contributed by atoms with Crippen LogP contribution in [-0.2, 0) is 10.0 Å². The summed E-state index contributed by atoms with van der Waals surface area (Å²) in [6, 6.07) is 17.4. The number of amides is 2. The molecule has 0 atom stereocenters. The van der Waals surface area contributed by atoms with Gasteiger partial charge in [0.05, 0.1) is 4.90 Å². The van der Waals surface area contributed by atoms with Crippen LogP contribution in [0.2, 0.25) is 0 Å². The molecule has 1 fully saturated rings. The van der Waals surface area contributed by atoms with Gasteiger partial charge < -0.3 is 15.3 Å². The Hall–Kier alpha value is -3.43. The molecule has 2 amide bonds. The number of sulfonamides is 1. The molecular weight excluding hydrogens is 454 g/mol. The van der Waals surface area contributed by atoms with Crippen LogP contribution in [0.5, 0.6) is 0 Å². The number of piperidine rings is 1. The lowest BCUT2D eigenvalue weighted by Crippen LogP contribution is -2.40. The zero-order valence-corrected chi connectivity index (χ0v) is 19.6. The number of nitrogens with one attached hydrogen (secondary N) is 2. The van der Waals surface area contributed by atoms with Gasteiger partial charge >= 0.3 is 6.09 Å². The summed E-state index contributed by atoms with van der Waals surface area (Å²) in [5, 5.41) is 13.1. The van der Waals surface area contributed by atoms with E-state index in [1.807, 2.05) is 19.1 Å². The molecule has 0 saturated carbocycles. The van der Waals surface area contributed by atoms with Crippen LogP contribution in [0.4, 0.5) is 10.5 Å². The van der Waals surface area contributed by atoms with Crippen molar-refractivity contribution in [2.24, 2.45) is 5.92 Å². The van der Waals surface area contributed by atoms with Gasteiger partial charge in [0, 0.05) is 41.7 Å². The number of aryl methyl sites for hydroxylation is 1. The maximum atomic E-state index is 13.2. The van der Waals surface area contributed by atoms with E-state index in [0.717, 1.165) is 5.56 Å². The van der Waals surface area contributed by atoms with Crippen molar-refractivity contribution in [3.8, 4) is 0 Å². The Morgan fingerprint density at radius 3 is 2.29 bits per heavy atom. The highest BCUT2D eigenvalue weighted by Gasteiger charge is 2.25. The van der Waals surface area contributed by atoms with Crippen LogP contribution in [0.1, 0.15) is 28.8 Å². The molecule has 0 aromatic heterocycles. The number of nitrogens with zero attached hydrogens (tertiary/aromatic N) is 1. The van der Waals surface area contributed by atoms with Crippen LogP contribution < -0.4 is 10.0 Å². The average Bonchev–Trinajstić information content (AvgIpc) is 2.83. The van der Waals surface area contributed by atoms with Gasteiger partial charge in [-0.25, -0.2) is 17.9 Å². The first-order chi connectivity index (χ1) is 16.3. The van der Waals surface area contributed by atoms with Crippen molar-refractivity contribution in [1.29, 1.82) is 0 Å². The summed E-state index contributed by atoms with van der Waals surface area (Å²) in [6.45, 7) is 2.91. The molecule has 34 heavy (non-hydrogen) atoms. The lowest BCUT2D eigenvalue weighted by atomic mass is 9.97. The minimum Gasteiger partial charge on any atom is -0.465 e. The molecule has 0 spiro atoms. The first kappa shape index (κ1) is 23.7. The van der Waals surface area contributed by atoms with Crippen molar-refractivity contribution in [3.05, 3.63) is 71.8 Å². The second-order valence-corrected chi connectivity index (χ2v) is 10.2. The predicted octanol–water partition coefficient (Wildman–Crippen LogP) is 4.07. The quantitative estimate of drug-likeness (QED) is 0.491. The van der Waals surface area contributed by atoms with Gasteiger partial charge in [-0.05, 0) is 49.4 Å². The van der Waals surface area contributed by atoms with Crippen LogP contribution in [0, 0.1) is 12.8 Å². The van der Waals surface area contributed by atoms with Crippen LogP contribution >= 0.6 is 0 Å². The molecule has 4 rings (SSSR count). The minimum absolute atomic E-state index is 0.0734. The summed E-state index contributed by atoms with van der Waals surface area (Å²) in [4.78, 5) is 25.4. The van der Waals surface area contributed by atoms with Crippen LogP contribution in [0.15, 0.2) is 65.6 Å². The number of rotatable bonds is 6. The van der Waals surface area contributed by atoms with Gasteiger partial charge in [-0.3, -0.25) is 4.79 Å². The summed E-state index contributed by atoms with van der Waals surface area (Å²) < 4.78 is 29.0. The molecule has 8 nitrogen and oxygen atoms in total. The first-order valence-corrected chi connectivity index (χ1v) is 12.6. The largest absolute Gasteiger partial charge is 0.465 e. The van der Waals surface area contributed by atoms with E-state index in [2.05, 4.69) is 10.0 Å². The zero-order valence-electron chi connectivity index (χ0n) is 18.8. The number of fused-ring (bicyclic) bond motifs is 1. The number of likely N-dealkylation sites (tertiary alicyclic amines) is 1. The second-order valence-electron chi connectivity index (χ2n) is 8.49. The number of anilines is 1. The van der Waals surface area contributed by atoms with E-state index in [0.29, 0.717) is 48.0 Å². The van der Waals surface area contributed by atoms with Gasteiger partial charge in [0.2, 0.25) is 10.0 Å². The summed E-state index contributed by atoms with van der Waals surface area (Å²) in [7, 11) is -3.81. The van der Waals surface area contributed by atoms with Crippen molar-refractivity contribution in [2.45, 2.75) is 24.7 Å². The predicted molar refractivity (Wildman–Crippen MR) is 131 cm³/mol. The maximum Gasteiger partial charge on any atom is 0.407 e. The Kier molecular flexibility index (Phi) is 6.85. The monoisotopic (exact) mass is 481 g/mol. The molecule has 0 unspecified atom stereocenters. The van der Waals surface area contributed by atoms with E-state index in [-0.39, 0.29) is 23.3 Å². The Labute approximate surface area is 198 Å². The Balaban J connectivity index is 1.54. The normalized spacial score (nSPS) is 14.8. The average molecular weight is 482 g/mol. The van der Waals surface area contributed by atoms with Crippen molar-refractivity contribution in [3.63, 3.8) is 0 Å². The van der Waals surface area contributed by atoms with Gasteiger partial charge in [0.25, 0.3) is 5.91 Å². The number of hydrogen-bond acceptors (Lipinski definition) is 4. The number of carbonyl (C=O) groups excluding carboxylic acids is 1. The maximum absolute atomic E-state index is 13.2. The molecule has 0 radical (unpaired) electrons. The van der Waals surface area contributed by atoms with Gasteiger partial charge in [-0.1, -0.05) is 42.5 Å². The molecule has 0 aliphatic carbocycles. The number of benzene rings is 3. The first-order valence-electron chi connectivity index (χ1n) is 11.1. The molecule has 1 saturated heterocycles. The van der Waals surface area contributed by atoms with E-state index < -0.39 is 16.1 Å². The highest BCUT2D eigenvalue weighted by molar-refractivity contribution is 7.89. The molecule has 1 heterocycles. The smallest absolute Gasteiger partial charge is 0.407 e. The second kappa shape index (κ2) is 9.82. The number of carbonyl (C=O) groups is 2. The molecule has 1 aliphatic rings. The third-order valence-corrected chi connectivity index (χ3v) is 7.74. The summed E-state index contributed by atoms with van der Waals surface area (Å²) in [5.41, 5.74) is 1.93. The van der Waals surface area contributed by atoms with Gasteiger partial charge in [-0.15, -0.1) is 0 Å². The fraction of sp³-hybridized carbons (Fsp3) is 0.280. The summed E-state index contributed by atoms with van der Waals surface area (Å²) >= 11 is 0. The molecule has 178 valence electrons. The van der Waals surface area contributed by atoms with Crippen molar-refractivity contribution >= 4 is 38.5 Å². The molecular formula is C25H27N3O5S. The third-order valence-electron chi connectivity index (χ3n) is 6.26. The van der Waals surface area contributed by atoms with E-state index >= 15 is 0 Å². The zero-order chi connectivity index (χ0) is 24.3. The Morgan fingerprint density at radius 2 is 1.62 bits per heavy atom. The van der Waals surface area contributed by atoms with E-state index in [1.54, 1.807) is 42.5 Å². The van der Waals surface area contributed by atoms with E-state index in [4.69, 9.17) is 5.11 Å². The Morgan fingerprint density at radius 1 is 0.971 bits per heavy atom. The highest BCUT2D eigenvalue weighted by atomic mass is 32.2. The van der Waals surface area contributed by atoms with Crippen molar-refractivity contribution in [2.75, 3.05) is 25.0 Å². The molecule has 1 aliphatic heterocycles. The molecule has 3 N–H and O–H groups in total. The van der Waals surface area contributed by atoms with E-state index in [9.17, 15) is 18.0 Å². The topological polar surface area (TPSA) is 116 Å². The van der Waals surface area contributed by atoms with E-state index in [1.165, 1.54) is 11.0 Å². The number of carboxylic acid groups (broad SMARTS) is 1. The van der Waals surface area contributed by atoms with Crippen LogP contribution in [-0.4, -0.2) is 50.1 Å². The van der Waals surface area contributed by atoms with Gasteiger partial charge in [0.1, 0.15) is 0 Å². The SMILES string of the molecule is Cc1ccccc1C(=O)Nc1ccc(S(=O)(=O)NCC2CCN(C(=O)O)CC2)c2ccccc12. The van der Waals surface area contributed by atoms with Gasteiger partial charge in [-0.2, -0.15) is 0 Å². The van der Waals surface area contributed by atoms with Crippen molar-refractivity contribution in [1.82, 2.24) is 9.62 Å². The third kappa shape index (κ3) is 5.05. The molecule has 3 aromatic carbocycles. The fourth-order valence-electron chi connectivity index (χ4n) is 4.27. The van der Waals surface area contributed by atoms with Crippen molar-refractivity contribution < 1.29 is 23.1 Å². The lowest BCUT2D eigenvalue weighted by Gasteiger charge is -2.30. The molecule has 9 heteroatoms. The molecule has 0 bridgehead atoms. The fourth-order valence-corrected chi connectivity index (χ4v) is 5.59. The standard InChI is InChI=1S/C25H27N3O5S/c1-17-6-2-3-7-19(17)24(29)27-22-10-11-23(21-9-5-4-8-20(21)22)34(32,33)26-16-18-12-14-28(15-13-18)25(30)31/h2-11,18,26H,12-16H2,1H3,(H,27,29)(H,30,31). The molecule has 3 aromatic rings.